The zero-order valence-electron chi connectivity index (χ0n) is 20.9. The van der Waals surface area contributed by atoms with E-state index >= 15 is 0 Å². The summed E-state index contributed by atoms with van der Waals surface area (Å²) >= 11 is 13.5. The van der Waals surface area contributed by atoms with Crippen LogP contribution in [0.2, 0.25) is 10.0 Å². The second-order valence-electron chi connectivity index (χ2n) is 8.53. The summed E-state index contributed by atoms with van der Waals surface area (Å²) in [6.07, 6.45) is 1.92. The topological polar surface area (TPSA) is 90.5 Å². The number of rotatable bonds is 4. The van der Waals surface area contributed by atoms with Crippen LogP contribution in [0, 0.1) is 6.92 Å². The van der Waals surface area contributed by atoms with Crippen LogP contribution in [0.1, 0.15) is 18.1 Å². The van der Waals surface area contributed by atoms with Crippen molar-refractivity contribution in [2.75, 3.05) is 11.7 Å². The lowest BCUT2D eigenvalue weighted by atomic mass is 9.92. The number of H-pyrrole nitrogens is 1. The molecule has 1 atom stereocenters. The van der Waals surface area contributed by atoms with Gasteiger partial charge in [0.1, 0.15) is 0 Å². The number of anilines is 1. The average Bonchev–Trinajstić information content (AvgIpc) is 3.19. The van der Waals surface area contributed by atoms with Gasteiger partial charge in [0, 0.05) is 21.7 Å². The fourth-order valence-corrected chi connectivity index (χ4v) is 4.79. The lowest BCUT2D eigenvalue weighted by Gasteiger charge is -2.23. The first-order valence-electron chi connectivity index (χ1n) is 11.6. The Labute approximate surface area is 234 Å². The van der Waals surface area contributed by atoms with E-state index in [2.05, 4.69) is 20.6 Å². The third kappa shape index (κ3) is 5.93. The highest BCUT2D eigenvalue weighted by molar-refractivity contribution is 8.13. The number of hydrogen-bond donors (Lipinski definition) is 2. The number of thioether (sulfide) groups is 1. The quantitative estimate of drug-likeness (QED) is 0.293. The summed E-state index contributed by atoms with van der Waals surface area (Å²) in [7, 11) is 0. The van der Waals surface area contributed by atoms with Gasteiger partial charge >= 0.3 is 0 Å². The molecular formula is C28H25Cl2N5O2S. The van der Waals surface area contributed by atoms with Gasteiger partial charge < -0.3 is 0 Å². The van der Waals surface area contributed by atoms with Crippen LogP contribution in [0.3, 0.4) is 0 Å². The van der Waals surface area contributed by atoms with Gasteiger partial charge in [0.05, 0.1) is 11.4 Å². The molecule has 194 valence electrons. The Morgan fingerprint density at radius 3 is 2.08 bits per heavy atom. The fraction of sp³-hybridized carbons (Fsp3) is 0.143. The highest BCUT2D eigenvalue weighted by Crippen LogP contribution is 2.35. The van der Waals surface area contributed by atoms with Crippen LogP contribution in [-0.2, 0) is 10.3 Å². The van der Waals surface area contributed by atoms with Crippen LogP contribution in [0.25, 0.3) is 11.3 Å². The number of benzene rings is 3. The Morgan fingerprint density at radius 1 is 0.921 bits per heavy atom. The highest BCUT2D eigenvalue weighted by Gasteiger charge is 2.46. The maximum atomic E-state index is 12.9. The van der Waals surface area contributed by atoms with E-state index in [1.165, 1.54) is 22.8 Å². The van der Waals surface area contributed by atoms with Crippen LogP contribution in [0.4, 0.5) is 5.69 Å². The van der Waals surface area contributed by atoms with Crippen molar-refractivity contribution < 1.29 is 4.79 Å². The van der Waals surface area contributed by atoms with E-state index in [4.69, 9.17) is 23.2 Å². The number of aliphatic imine (C=N–C) groups is 1. The molecule has 0 bridgehead atoms. The normalized spacial score (nSPS) is 16.5. The summed E-state index contributed by atoms with van der Waals surface area (Å²) in [5.41, 5.74) is 6.00. The van der Waals surface area contributed by atoms with E-state index in [1.54, 1.807) is 18.2 Å². The van der Waals surface area contributed by atoms with Crippen molar-refractivity contribution in [3.8, 4) is 11.3 Å². The van der Waals surface area contributed by atoms with Crippen molar-refractivity contribution in [1.82, 2.24) is 15.2 Å². The number of amides is 1. The summed E-state index contributed by atoms with van der Waals surface area (Å²) in [6, 6.07) is 25.9. The van der Waals surface area contributed by atoms with Crippen LogP contribution in [-0.4, -0.2) is 32.5 Å². The van der Waals surface area contributed by atoms with Gasteiger partial charge in [-0.05, 0) is 61.6 Å². The number of aromatic nitrogens is 2. The Kier molecular flexibility index (Phi) is 8.56. The molecule has 3 aromatic carbocycles. The number of nitrogens with zero attached hydrogens (tertiary/aromatic N) is 3. The minimum Gasteiger partial charge on any atom is -0.289 e. The van der Waals surface area contributed by atoms with Gasteiger partial charge in [0.25, 0.3) is 11.5 Å². The van der Waals surface area contributed by atoms with Crippen LogP contribution in [0.15, 0.2) is 94.7 Å². The molecular weight excluding hydrogens is 541 g/mol. The molecule has 0 saturated heterocycles. The number of para-hydroxylation sites is 1. The smallest absolute Gasteiger partial charge is 0.279 e. The number of halogens is 2. The maximum absolute atomic E-state index is 12.9. The summed E-state index contributed by atoms with van der Waals surface area (Å²) in [6.45, 7) is 3.70. The number of hydrazine groups is 1. The molecule has 0 fully saturated rings. The lowest BCUT2D eigenvalue weighted by Crippen LogP contribution is -2.42. The minimum absolute atomic E-state index is 0.0769. The third-order valence-corrected chi connectivity index (χ3v) is 7.34. The number of nitrogens with one attached hydrogen (secondary N) is 2. The molecule has 38 heavy (non-hydrogen) atoms. The Bertz CT molecular complexity index is 1490. The molecule has 0 radical (unpaired) electrons. The van der Waals surface area contributed by atoms with E-state index in [9.17, 15) is 9.59 Å². The van der Waals surface area contributed by atoms with E-state index in [-0.39, 0.29) is 11.5 Å². The van der Waals surface area contributed by atoms with Crippen LogP contribution >= 0.6 is 35.0 Å². The number of carbonyl (C=O) groups excluding carboxylic acids is 1. The largest absolute Gasteiger partial charge is 0.289 e. The van der Waals surface area contributed by atoms with Crippen molar-refractivity contribution in [3.05, 3.63) is 116 Å². The van der Waals surface area contributed by atoms with E-state index in [0.29, 0.717) is 20.9 Å². The van der Waals surface area contributed by atoms with Crippen LogP contribution in [0.5, 0.6) is 0 Å². The molecule has 10 heteroatoms. The van der Waals surface area contributed by atoms with Crippen molar-refractivity contribution >= 4 is 51.7 Å². The van der Waals surface area contributed by atoms with Gasteiger partial charge in [-0.2, -0.15) is 10.1 Å². The second-order valence-corrected chi connectivity index (χ2v) is 10.1. The van der Waals surface area contributed by atoms with Crippen LogP contribution < -0.4 is 11.0 Å². The van der Waals surface area contributed by atoms with Crippen molar-refractivity contribution in [1.29, 1.82) is 0 Å². The monoisotopic (exact) mass is 565 g/mol. The fourth-order valence-electron chi connectivity index (χ4n) is 3.72. The second kappa shape index (κ2) is 11.9. The van der Waals surface area contributed by atoms with Gasteiger partial charge in [-0.1, -0.05) is 83.5 Å². The molecule has 0 unspecified atom stereocenters. The summed E-state index contributed by atoms with van der Waals surface area (Å²) in [5.74, 6) is -0.0769. The first-order valence-corrected chi connectivity index (χ1v) is 13.6. The predicted molar refractivity (Wildman–Crippen MR) is 157 cm³/mol. The minimum atomic E-state index is -0.888. The molecule has 1 aromatic heterocycles. The molecule has 2 N–H and O–H groups in total. The Hall–Kier alpha value is -3.59. The predicted octanol–water partition coefficient (Wildman–Crippen LogP) is 6.54. The third-order valence-electron chi connectivity index (χ3n) is 5.92. The molecule has 1 aliphatic rings. The number of carbonyl (C=O) groups is 1. The first-order chi connectivity index (χ1) is 18.2. The first kappa shape index (κ1) is 27.4. The Balaban J connectivity index is 0.000000186. The van der Waals surface area contributed by atoms with E-state index < -0.39 is 5.54 Å². The highest BCUT2D eigenvalue weighted by atomic mass is 35.5. The SMILES string of the molecule is CSC1=N[C@@](C)(c2ccccc2)C(=O)N1Nc1ccccc1.Cc1c(Cl)cc(-c2ccc(=O)[nH]n2)cc1Cl. The van der Waals surface area contributed by atoms with E-state index in [0.717, 1.165) is 22.4 Å². The molecule has 2 heterocycles. The number of hydrogen-bond acceptors (Lipinski definition) is 6. The van der Waals surface area contributed by atoms with Crippen molar-refractivity contribution in [2.45, 2.75) is 19.4 Å². The molecule has 0 saturated carbocycles. The number of aromatic amines is 1. The lowest BCUT2D eigenvalue weighted by molar-refractivity contribution is -0.129. The number of amidine groups is 1. The summed E-state index contributed by atoms with van der Waals surface area (Å²) in [4.78, 5) is 28.5. The average molecular weight is 567 g/mol. The molecule has 1 aliphatic heterocycles. The van der Waals surface area contributed by atoms with Gasteiger partial charge in [0.2, 0.25) is 0 Å². The van der Waals surface area contributed by atoms with Crippen molar-refractivity contribution in [3.63, 3.8) is 0 Å². The molecule has 5 rings (SSSR count). The summed E-state index contributed by atoms with van der Waals surface area (Å²) in [5, 5.41) is 9.63. The molecule has 1 amide bonds. The molecule has 7 nitrogen and oxygen atoms in total. The zero-order chi connectivity index (χ0) is 27.3. The van der Waals surface area contributed by atoms with Gasteiger partial charge in [-0.3, -0.25) is 15.0 Å². The van der Waals surface area contributed by atoms with Gasteiger partial charge in [0.15, 0.2) is 10.7 Å². The summed E-state index contributed by atoms with van der Waals surface area (Å²) < 4.78 is 0. The zero-order valence-corrected chi connectivity index (χ0v) is 23.2. The Morgan fingerprint density at radius 2 is 1.53 bits per heavy atom. The van der Waals surface area contributed by atoms with Gasteiger partial charge in [-0.15, -0.1) is 0 Å². The molecule has 0 spiro atoms. The van der Waals surface area contributed by atoms with Gasteiger partial charge in [-0.25, -0.2) is 10.1 Å². The van der Waals surface area contributed by atoms with Crippen molar-refractivity contribution in [2.24, 2.45) is 4.99 Å². The molecule has 4 aromatic rings. The standard InChI is InChI=1S/C17H17N3OS.C11H8Cl2N2O/c1-17(13-9-5-3-6-10-13)15(21)20(16(18-17)22-2)19-14-11-7-4-8-12-14;1-6-8(12)4-7(5-9(6)13)10-2-3-11(16)15-14-10/h3-12,19H,1-2H3;2-5H,1H3,(H,15,16)/t17-;/m0./s1. The molecule has 0 aliphatic carbocycles. The van der Waals surface area contributed by atoms with E-state index in [1.807, 2.05) is 80.8 Å². The maximum Gasteiger partial charge on any atom is 0.279 e.